The van der Waals surface area contributed by atoms with Crippen LogP contribution in [0.15, 0.2) is 0 Å². The minimum Gasteiger partial charge on any atom is -0.376 e. The van der Waals surface area contributed by atoms with Gasteiger partial charge in [-0.15, -0.1) is 0 Å². The highest BCUT2D eigenvalue weighted by Gasteiger charge is 2.41. The SMILES string of the molecule is CCCCC1(CC)CO1.CCO[SiH](OCC)OCC. The Hall–Kier alpha value is 0.0569. The monoisotopic (exact) mass is 292 g/mol. The van der Waals surface area contributed by atoms with Crippen LogP contribution in [0.5, 0.6) is 0 Å². The van der Waals surface area contributed by atoms with Crippen LogP contribution < -0.4 is 0 Å². The highest BCUT2D eigenvalue weighted by molar-refractivity contribution is 6.36. The Morgan fingerprint density at radius 2 is 1.42 bits per heavy atom. The zero-order valence-electron chi connectivity index (χ0n) is 13.4. The fourth-order valence-electron chi connectivity index (χ4n) is 1.68. The molecule has 116 valence electrons. The van der Waals surface area contributed by atoms with Crippen LogP contribution in [-0.4, -0.2) is 41.6 Å². The van der Waals surface area contributed by atoms with Crippen LogP contribution >= 0.6 is 0 Å². The third-order valence-corrected chi connectivity index (χ3v) is 4.91. The molecule has 0 aliphatic carbocycles. The number of unbranched alkanes of at least 4 members (excludes halogenated alkanes) is 1. The Morgan fingerprint density at radius 3 is 1.68 bits per heavy atom. The molecule has 1 unspecified atom stereocenters. The molecule has 0 N–H and O–H groups in total. The van der Waals surface area contributed by atoms with Gasteiger partial charge in [-0.2, -0.15) is 0 Å². The normalized spacial score (nSPS) is 21.2. The maximum Gasteiger partial charge on any atom is 0.484 e. The molecule has 1 fully saturated rings. The van der Waals surface area contributed by atoms with E-state index < -0.39 is 9.53 Å². The van der Waals surface area contributed by atoms with E-state index in [4.69, 9.17) is 18.0 Å². The van der Waals surface area contributed by atoms with Gasteiger partial charge in [-0.1, -0.05) is 26.7 Å². The van der Waals surface area contributed by atoms with Crippen molar-refractivity contribution in [3.8, 4) is 0 Å². The third-order valence-electron chi connectivity index (χ3n) is 3.09. The Kier molecular flexibility index (Phi) is 11.9. The lowest BCUT2D eigenvalue weighted by atomic mass is 10.0. The van der Waals surface area contributed by atoms with Gasteiger partial charge < -0.3 is 18.0 Å². The Morgan fingerprint density at radius 1 is 0.947 bits per heavy atom. The molecule has 0 radical (unpaired) electrons. The lowest BCUT2D eigenvalue weighted by Gasteiger charge is -2.12. The fraction of sp³-hybridized carbons (Fsp3) is 1.00. The minimum atomic E-state index is -1.73. The summed E-state index contributed by atoms with van der Waals surface area (Å²) < 4.78 is 21.0. The van der Waals surface area contributed by atoms with Gasteiger partial charge in [0.2, 0.25) is 0 Å². The van der Waals surface area contributed by atoms with E-state index in [1.54, 1.807) is 0 Å². The summed E-state index contributed by atoms with van der Waals surface area (Å²) >= 11 is 0. The van der Waals surface area contributed by atoms with Crippen LogP contribution in [0.25, 0.3) is 0 Å². The number of epoxide rings is 1. The predicted molar refractivity (Wildman–Crippen MR) is 80.5 cm³/mol. The largest absolute Gasteiger partial charge is 0.484 e. The van der Waals surface area contributed by atoms with Crippen molar-refractivity contribution in [1.29, 1.82) is 0 Å². The molecule has 0 aromatic carbocycles. The van der Waals surface area contributed by atoms with E-state index in [0.717, 1.165) is 6.61 Å². The minimum absolute atomic E-state index is 0.343. The third kappa shape index (κ3) is 9.57. The standard InChI is InChI=1S/C8H16O.C6H16O3Si/c1-3-5-6-8(4-2)7-9-8;1-4-7-10(8-5-2)9-6-3/h3-7H2,1-2H3;10H,4-6H2,1-3H3. The Bertz CT molecular complexity index is 184. The summed E-state index contributed by atoms with van der Waals surface area (Å²) in [5.41, 5.74) is 0.343. The second kappa shape index (κ2) is 11.8. The average Bonchev–Trinajstić information content (AvgIpc) is 3.19. The van der Waals surface area contributed by atoms with Crippen molar-refractivity contribution in [3.63, 3.8) is 0 Å². The van der Waals surface area contributed by atoms with Crippen LogP contribution in [0.4, 0.5) is 0 Å². The zero-order valence-corrected chi connectivity index (χ0v) is 14.5. The number of rotatable bonds is 10. The van der Waals surface area contributed by atoms with Gasteiger partial charge in [-0.05, 0) is 33.6 Å². The highest BCUT2D eigenvalue weighted by Crippen LogP contribution is 2.35. The smallest absolute Gasteiger partial charge is 0.376 e. The molecule has 1 rings (SSSR count). The Labute approximate surface area is 120 Å². The molecule has 4 nitrogen and oxygen atoms in total. The molecule has 0 amide bonds. The second-order valence-corrected chi connectivity index (χ2v) is 6.16. The van der Waals surface area contributed by atoms with E-state index in [1.165, 1.54) is 25.7 Å². The summed E-state index contributed by atoms with van der Waals surface area (Å²) in [6.07, 6.45) is 5.10. The van der Waals surface area contributed by atoms with Gasteiger partial charge in [0.1, 0.15) is 0 Å². The number of hydrogen-bond acceptors (Lipinski definition) is 4. The van der Waals surface area contributed by atoms with Crippen molar-refractivity contribution in [2.75, 3.05) is 26.4 Å². The molecule has 0 spiro atoms. The maximum absolute atomic E-state index is 5.35. The first kappa shape index (κ1) is 19.1. The summed E-state index contributed by atoms with van der Waals surface area (Å²) in [7, 11) is -1.73. The van der Waals surface area contributed by atoms with Gasteiger partial charge in [-0.25, -0.2) is 0 Å². The van der Waals surface area contributed by atoms with E-state index in [9.17, 15) is 0 Å². The number of hydrogen-bond donors (Lipinski definition) is 0. The maximum atomic E-state index is 5.35. The second-order valence-electron chi connectivity index (χ2n) is 4.58. The summed E-state index contributed by atoms with van der Waals surface area (Å²) in [5, 5.41) is 0. The van der Waals surface area contributed by atoms with Crippen molar-refractivity contribution in [3.05, 3.63) is 0 Å². The van der Waals surface area contributed by atoms with Gasteiger partial charge >= 0.3 is 9.53 Å². The van der Waals surface area contributed by atoms with Crippen LogP contribution in [-0.2, 0) is 18.0 Å². The first-order chi connectivity index (χ1) is 9.17. The number of ether oxygens (including phenoxy) is 1. The molecule has 0 aromatic heterocycles. The van der Waals surface area contributed by atoms with E-state index >= 15 is 0 Å². The van der Waals surface area contributed by atoms with E-state index in [0.29, 0.717) is 25.4 Å². The molecule has 0 saturated carbocycles. The highest BCUT2D eigenvalue weighted by atomic mass is 28.3. The summed E-state index contributed by atoms with van der Waals surface area (Å²) in [6.45, 7) is 13.3. The topological polar surface area (TPSA) is 40.2 Å². The lowest BCUT2D eigenvalue weighted by molar-refractivity contribution is 0.107. The summed E-state index contributed by atoms with van der Waals surface area (Å²) in [6, 6.07) is 0. The summed E-state index contributed by atoms with van der Waals surface area (Å²) in [4.78, 5) is 0. The first-order valence-electron chi connectivity index (χ1n) is 7.66. The average molecular weight is 292 g/mol. The lowest BCUT2D eigenvalue weighted by Crippen LogP contribution is -2.27. The van der Waals surface area contributed by atoms with Crippen LogP contribution in [0.2, 0.25) is 0 Å². The van der Waals surface area contributed by atoms with E-state index in [2.05, 4.69) is 13.8 Å². The molecule has 1 atom stereocenters. The molecule has 1 aliphatic rings. The van der Waals surface area contributed by atoms with Crippen LogP contribution in [0, 0.1) is 0 Å². The van der Waals surface area contributed by atoms with Crippen molar-refractivity contribution >= 4 is 9.53 Å². The van der Waals surface area contributed by atoms with Gasteiger partial charge in [0.15, 0.2) is 0 Å². The molecule has 19 heavy (non-hydrogen) atoms. The van der Waals surface area contributed by atoms with Gasteiger partial charge in [0.25, 0.3) is 0 Å². The molecular formula is C14H32O4Si. The molecule has 0 aromatic rings. The molecular weight excluding hydrogens is 260 g/mol. The van der Waals surface area contributed by atoms with Crippen molar-refractivity contribution < 1.29 is 18.0 Å². The molecule has 1 saturated heterocycles. The quantitative estimate of drug-likeness (QED) is 0.458. The van der Waals surface area contributed by atoms with Crippen molar-refractivity contribution in [1.82, 2.24) is 0 Å². The molecule has 1 aliphatic heterocycles. The molecule has 5 heteroatoms. The van der Waals surface area contributed by atoms with Gasteiger partial charge in [0, 0.05) is 19.8 Å². The Balaban J connectivity index is 0.000000342. The van der Waals surface area contributed by atoms with Crippen molar-refractivity contribution in [2.24, 2.45) is 0 Å². The van der Waals surface area contributed by atoms with E-state index in [-0.39, 0.29) is 0 Å². The first-order valence-corrected chi connectivity index (χ1v) is 9.08. The fourth-order valence-corrected chi connectivity index (χ4v) is 2.78. The van der Waals surface area contributed by atoms with E-state index in [1.807, 2.05) is 20.8 Å². The van der Waals surface area contributed by atoms with Gasteiger partial charge in [0.05, 0.1) is 12.2 Å². The van der Waals surface area contributed by atoms with Crippen LogP contribution in [0.1, 0.15) is 60.3 Å². The molecule has 0 bridgehead atoms. The predicted octanol–water partition coefficient (Wildman–Crippen LogP) is 3.17. The summed E-state index contributed by atoms with van der Waals surface area (Å²) in [5.74, 6) is 0. The van der Waals surface area contributed by atoms with Crippen LogP contribution in [0.3, 0.4) is 0 Å². The van der Waals surface area contributed by atoms with Gasteiger partial charge in [-0.3, -0.25) is 0 Å². The zero-order chi connectivity index (χ0) is 14.6. The van der Waals surface area contributed by atoms with Crippen molar-refractivity contribution in [2.45, 2.75) is 65.9 Å². The molecule has 1 heterocycles.